The first-order valence-corrected chi connectivity index (χ1v) is 14.4. The van der Waals surface area contributed by atoms with Crippen molar-refractivity contribution in [1.82, 2.24) is 10.2 Å². The molecule has 0 saturated heterocycles. The maximum absolute atomic E-state index is 13.7. The molecular weight excluding hydrogens is 500 g/mol. The minimum atomic E-state index is -0.572. The third-order valence-electron chi connectivity index (χ3n) is 6.84. The Bertz CT molecular complexity index is 1150. The lowest BCUT2D eigenvalue weighted by atomic mass is 10.0. The molecule has 6 heteroatoms. The molecule has 3 aromatic rings. The summed E-state index contributed by atoms with van der Waals surface area (Å²) in [5.41, 5.74) is 3.24. The van der Waals surface area contributed by atoms with Crippen LogP contribution in [0.3, 0.4) is 0 Å². The fourth-order valence-corrected chi connectivity index (χ4v) is 5.71. The lowest BCUT2D eigenvalue weighted by Gasteiger charge is -2.32. The Morgan fingerprint density at radius 2 is 1.62 bits per heavy atom. The molecule has 0 spiro atoms. The van der Waals surface area contributed by atoms with E-state index in [2.05, 4.69) is 17.4 Å². The van der Waals surface area contributed by atoms with Crippen molar-refractivity contribution in [3.05, 3.63) is 101 Å². The molecule has 37 heavy (non-hydrogen) atoms. The van der Waals surface area contributed by atoms with Gasteiger partial charge in [-0.15, -0.1) is 11.8 Å². The lowest BCUT2D eigenvalue weighted by molar-refractivity contribution is -0.141. The smallest absolute Gasteiger partial charge is 0.243 e. The number of rotatable bonds is 11. The van der Waals surface area contributed by atoms with Crippen molar-refractivity contribution >= 4 is 35.2 Å². The highest BCUT2D eigenvalue weighted by molar-refractivity contribution is 7.99. The Morgan fingerprint density at radius 3 is 2.30 bits per heavy atom. The number of benzene rings is 3. The van der Waals surface area contributed by atoms with Crippen LogP contribution in [0.25, 0.3) is 0 Å². The van der Waals surface area contributed by atoms with Gasteiger partial charge in [0.1, 0.15) is 6.04 Å². The molecule has 4 nitrogen and oxygen atoms in total. The Kier molecular flexibility index (Phi) is 10.1. The maximum atomic E-state index is 13.7. The van der Waals surface area contributed by atoms with Crippen LogP contribution in [0.5, 0.6) is 0 Å². The van der Waals surface area contributed by atoms with E-state index < -0.39 is 6.04 Å². The van der Waals surface area contributed by atoms with E-state index in [1.807, 2.05) is 73.7 Å². The number of hydrogen-bond donors (Lipinski definition) is 1. The zero-order chi connectivity index (χ0) is 26.0. The second kappa shape index (κ2) is 13.7. The molecule has 0 radical (unpaired) electrons. The molecule has 1 saturated carbocycles. The molecule has 1 N–H and O–H groups in total. The monoisotopic (exact) mass is 534 g/mol. The van der Waals surface area contributed by atoms with Crippen molar-refractivity contribution in [3.8, 4) is 0 Å². The lowest BCUT2D eigenvalue weighted by Crippen LogP contribution is -2.52. The molecule has 0 aliphatic heterocycles. The zero-order valence-electron chi connectivity index (χ0n) is 21.4. The highest BCUT2D eigenvalue weighted by atomic mass is 35.5. The van der Waals surface area contributed by atoms with Gasteiger partial charge in [0, 0.05) is 41.1 Å². The molecule has 1 unspecified atom stereocenters. The summed E-state index contributed by atoms with van der Waals surface area (Å²) in [5.74, 6) is 0.568. The van der Waals surface area contributed by atoms with E-state index >= 15 is 0 Å². The van der Waals surface area contributed by atoms with Gasteiger partial charge in [0.15, 0.2) is 0 Å². The molecule has 3 aromatic carbocycles. The van der Waals surface area contributed by atoms with Crippen molar-refractivity contribution in [3.63, 3.8) is 0 Å². The summed E-state index contributed by atoms with van der Waals surface area (Å²) in [4.78, 5) is 30.3. The average Bonchev–Trinajstić information content (AvgIpc) is 3.42. The van der Waals surface area contributed by atoms with Crippen LogP contribution < -0.4 is 5.32 Å². The minimum Gasteiger partial charge on any atom is -0.352 e. The summed E-state index contributed by atoms with van der Waals surface area (Å²) >= 11 is 7.63. The van der Waals surface area contributed by atoms with Crippen molar-refractivity contribution in [2.75, 3.05) is 5.75 Å². The number of thioether (sulfide) groups is 1. The van der Waals surface area contributed by atoms with Gasteiger partial charge in [0.25, 0.3) is 0 Å². The summed E-state index contributed by atoms with van der Waals surface area (Å²) in [5, 5.41) is 3.96. The number of carbonyl (C=O) groups excluding carboxylic acids is 2. The molecule has 1 fully saturated rings. The largest absolute Gasteiger partial charge is 0.352 e. The van der Waals surface area contributed by atoms with Crippen LogP contribution in [0.15, 0.2) is 83.8 Å². The summed E-state index contributed by atoms with van der Waals surface area (Å²) in [7, 11) is 0. The fraction of sp³-hybridized carbons (Fsp3) is 0.355. The summed E-state index contributed by atoms with van der Waals surface area (Å²) in [6, 6.07) is 25.5. The Labute approximate surface area is 229 Å². The van der Waals surface area contributed by atoms with Crippen molar-refractivity contribution < 1.29 is 9.59 Å². The zero-order valence-corrected chi connectivity index (χ0v) is 22.9. The minimum absolute atomic E-state index is 0.00968. The van der Waals surface area contributed by atoms with E-state index in [0.717, 1.165) is 41.7 Å². The van der Waals surface area contributed by atoms with E-state index in [-0.39, 0.29) is 17.9 Å². The van der Waals surface area contributed by atoms with Crippen molar-refractivity contribution in [2.24, 2.45) is 0 Å². The molecule has 1 aliphatic carbocycles. The van der Waals surface area contributed by atoms with Gasteiger partial charge in [-0.3, -0.25) is 9.59 Å². The van der Waals surface area contributed by atoms with Gasteiger partial charge in [-0.05, 0) is 55.2 Å². The number of nitrogens with one attached hydrogen (secondary N) is 1. The van der Waals surface area contributed by atoms with Crippen LogP contribution in [0.1, 0.15) is 48.8 Å². The third-order valence-corrected chi connectivity index (χ3v) is 8.11. The Hall–Kier alpha value is -2.76. The van der Waals surface area contributed by atoms with Gasteiger partial charge in [0.2, 0.25) is 11.8 Å². The second-order valence-electron chi connectivity index (χ2n) is 9.76. The van der Waals surface area contributed by atoms with E-state index in [1.165, 1.54) is 5.56 Å². The van der Waals surface area contributed by atoms with Crippen LogP contribution in [0, 0.1) is 6.92 Å². The highest BCUT2D eigenvalue weighted by Crippen LogP contribution is 2.23. The predicted molar refractivity (Wildman–Crippen MR) is 153 cm³/mol. The number of hydrogen-bond acceptors (Lipinski definition) is 3. The molecule has 0 bridgehead atoms. The molecule has 0 heterocycles. The molecule has 1 aliphatic rings. The molecule has 4 rings (SSSR count). The Balaban J connectivity index is 1.55. The van der Waals surface area contributed by atoms with Crippen LogP contribution >= 0.6 is 23.4 Å². The van der Waals surface area contributed by atoms with Crippen LogP contribution in [-0.2, 0) is 22.6 Å². The SMILES string of the molecule is Cc1ccc(CN(C(=O)CCSc2ccc(Cl)cc2)C(Cc2ccccc2)C(=O)NC2CCCC2)cc1. The Morgan fingerprint density at radius 1 is 0.946 bits per heavy atom. The first-order chi connectivity index (χ1) is 18.0. The van der Waals surface area contributed by atoms with E-state index in [4.69, 9.17) is 11.6 Å². The molecule has 1 atom stereocenters. The number of aryl methyl sites for hydroxylation is 1. The maximum Gasteiger partial charge on any atom is 0.243 e. The van der Waals surface area contributed by atoms with Gasteiger partial charge in [-0.25, -0.2) is 0 Å². The topological polar surface area (TPSA) is 49.4 Å². The predicted octanol–water partition coefficient (Wildman–Crippen LogP) is 6.83. The molecular formula is C31H35ClN2O2S. The second-order valence-corrected chi connectivity index (χ2v) is 11.4. The van der Waals surface area contributed by atoms with E-state index in [0.29, 0.717) is 30.2 Å². The van der Waals surface area contributed by atoms with Crippen LogP contribution in [-0.4, -0.2) is 34.6 Å². The quantitative estimate of drug-likeness (QED) is 0.274. The average molecular weight is 535 g/mol. The van der Waals surface area contributed by atoms with Crippen LogP contribution in [0.2, 0.25) is 5.02 Å². The number of nitrogens with zero attached hydrogens (tertiary/aromatic N) is 1. The summed E-state index contributed by atoms with van der Waals surface area (Å²) in [6.45, 7) is 2.45. The van der Waals surface area contributed by atoms with E-state index in [1.54, 1.807) is 16.7 Å². The first-order valence-electron chi connectivity index (χ1n) is 13.1. The van der Waals surface area contributed by atoms with E-state index in [9.17, 15) is 9.59 Å². The van der Waals surface area contributed by atoms with Gasteiger partial charge in [0.05, 0.1) is 0 Å². The van der Waals surface area contributed by atoms with Gasteiger partial charge in [-0.1, -0.05) is 84.6 Å². The summed E-state index contributed by atoms with van der Waals surface area (Å²) in [6.07, 6.45) is 5.13. The number of amides is 2. The number of carbonyl (C=O) groups is 2. The molecule has 194 valence electrons. The van der Waals surface area contributed by atoms with Crippen molar-refractivity contribution in [1.29, 1.82) is 0 Å². The molecule has 0 aromatic heterocycles. The molecule has 2 amide bonds. The highest BCUT2D eigenvalue weighted by Gasteiger charge is 2.32. The summed E-state index contributed by atoms with van der Waals surface area (Å²) < 4.78 is 0. The third kappa shape index (κ3) is 8.37. The van der Waals surface area contributed by atoms with Crippen molar-refractivity contribution in [2.45, 2.75) is 69.0 Å². The fourth-order valence-electron chi connectivity index (χ4n) is 4.74. The van der Waals surface area contributed by atoms with Crippen LogP contribution in [0.4, 0.5) is 0 Å². The normalized spacial score (nSPS) is 14.3. The number of halogens is 1. The van der Waals surface area contributed by atoms with Gasteiger partial charge in [-0.2, -0.15) is 0 Å². The standard InChI is InChI=1S/C31H35ClN2O2S/c1-23-11-13-25(14-12-23)22-34(30(35)19-20-37-28-17-15-26(32)16-18-28)29(21-24-7-3-2-4-8-24)31(36)33-27-9-5-6-10-27/h2-4,7-8,11-18,27,29H,5-6,9-10,19-22H2,1H3,(H,33,36). The van der Waals surface area contributed by atoms with Gasteiger partial charge < -0.3 is 10.2 Å². The van der Waals surface area contributed by atoms with Gasteiger partial charge >= 0.3 is 0 Å². The first kappa shape index (κ1) is 27.3.